The number of aryl methyl sites for hydroxylation is 1. The number of hydrogen-bond donors (Lipinski definition) is 1. The molecule has 0 spiro atoms. The second-order valence-electron chi connectivity index (χ2n) is 4.98. The van der Waals surface area contributed by atoms with E-state index in [2.05, 4.69) is 22.0 Å². The normalized spacial score (nSPS) is 16.3. The van der Waals surface area contributed by atoms with Gasteiger partial charge in [0.15, 0.2) is 0 Å². The molecule has 0 atom stereocenters. The van der Waals surface area contributed by atoms with Gasteiger partial charge in [0.25, 0.3) is 0 Å². The monoisotopic (exact) mass is 344 g/mol. The van der Waals surface area contributed by atoms with Gasteiger partial charge in [-0.25, -0.2) is 0 Å². The van der Waals surface area contributed by atoms with Crippen molar-refractivity contribution in [3.05, 3.63) is 28.2 Å². The molecule has 20 heavy (non-hydrogen) atoms. The summed E-state index contributed by atoms with van der Waals surface area (Å²) in [6.07, 6.45) is 0. The molecule has 2 rings (SSSR count). The number of morpholine rings is 1. The van der Waals surface area contributed by atoms with Gasteiger partial charge in [-0.15, -0.1) is 0 Å². The van der Waals surface area contributed by atoms with E-state index in [4.69, 9.17) is 14.2 Å². The summed E-state index contributed by atoms with van der Waals surface area (Å²) in [5.74, 6) is 0.926. The molecule has 0 bridgehead atoms. The number of hydrogen-bond acceptors (Lipinski definition) is 3. The highest BCUT2D eigenvalue weighted by atomic mass is 79.9. The van der Waals surface area contributed by atoms with Crippen molar-refractivity contribution in [3.8, 4) is 5.75 Å². The van der Waals surface area contributed by atoms with Crippen molar-refractivity contribution < 1.29 is 19.1 Å². The lowest BCUT2D eigenvalue weighted by atomic mass is 10.2. The second kappa shape index (κ2) is 8.62. The van der Waals surface area contributed by atoms with E-state index in [1.54, 1.807) is 4.90 Å². The quantitative estimate of drug-likeness (QED) is 0.751. The minimum atomic E-state index is 0.598. The number of ether oxygens (including phenoxy) is 3. The molecule has 1 aromatic rings. The Bertz CT molecular complexity index is 408. The molecule has 0 radical (unpaired) electrons. The highest BCUT2D eigenvalue weighted by Crippen LogP contribution is 2.21. The van der Waals surface area contributed by atoms with Gasteiger partial charge < -0.3 is 19.1 Å². The first-order chi connectivity index (χ1) is 9.75. The molecule has 1 aromatic carbocycles. The largest absolute Gasteiger partial charge is 0.491 e. The van der Waals surface area contributed by atoms with Crippen molar-refractivity contribution in [3.63, 3.8) is 0 Å². The fraction of sp³-hybridized carbons (Fsp3) is 0.600. The topological polar surface area (TPSA) is 32.1 Å². The van der Waals surface area contributed by atoms with Crippen LogP contribution in [0.2, 0.25) is 0 Å². The average molecular weight is 345 g/mol. The zero-order valence-electron chi connectivity index (χ0n) is 12.0. The molecule has 1 N–H and O–H groups in total. The lowest BCUT2D eigenvalue weighted by Crippen LogP contribution is -3.14. The van der Waals surface area contributed by atoms with Crippen molar-refractivity contribution in [1.82, 2.24) is 0 Å². The number of quaternary nitrogens is 1. The van der Waals surface area contributed by atoms with E-state index in [0.29, 0.717) is 13.2 Å². The smallest absolute Gasteiger partial charge is 0.122 e. The first-order valence-corrected chi connectivity index (χ1v) is 7.93. The fourth-order valence-corrected chi connectivity index (χ4v) is 2.69. The van der Waals surface area contributed by atoms with Gasteiger partial charge in [-0.1, -0.05) is 15.9 Å². The lowest BCUT2D eigenvalue weighted by Gasteiger charge is -2.23. The molecule has 0 saturated carbocycles. The van der Waals surface area contributed by atoms with Crippen LogP contribution in [0.5, 0.6) is 5.75 Å². The van der Waals surface area contributed by atoms with E-state index in [0.717, 1.165) is 55.2 Å². The summed E-state index contributed by atoms with van der Waals surface area (Å²) < 4.78 is 17.7. The summed E-state index contributed by atoms with van der Waals surface area (Å²) in [6.45, 7) is 9.07. The Morgan fingerprint density at radius 3 is 2.75 bits per heavy atom. The van der Waals surface area contributed by atoms with Gasteiger partial charge in [0.2, 0.25) is 0 Å². The molecule has 0 aromatic heterocycles. The molecule has 1 fully saturated rings. The van der Waals surface area contributed by atoms with E-state index < -0.39 is 0 Å². The summed E-state index contributed by atoms with van der Waals surface area (Å²) in [7, 11) is 0. The fourth-order valence-electron chi connectivity index (χ4n) is 2.21. The summed E-state index contributed by atoms with van der Waals surface area (Å²) in [6, 6.07) is 6.03. The van der Waals surface area contributed by atoms with Crippen molar-refractivity contribution in [1.29, 1.82) is 0 Å². The average Bonchev–Trinajstić information content (AvgIpc) is 2.46. The molecule has 4 nitrogen and oxygen atoms in total. The van der Waals surface area contributed by atoms with Crippen LogP contribution >= 0.6 is 15.9 Å². The van der Waals surface area contributed by atoms with Gasteiger partial charge in [-0.05, 0) is 30.7 Å². The Balaban J connectivity index is 1.55. The first kappa shape index (κ1) is 15.8. The minimum Gasteiger partial charge on any atom is -0.491 e. The van der Waals surface area contributed by atoms with Gasteiger partial charge >= 0.3 is 0 Å². The van der Waals surface area contributed by atoms with Crippen LogP contribution in [0.4, 0.5) is 0 Å². The second-order valence-corrected chi connectivity index (χ2v) is 5.90. The third-order valence-corrected chi connectivity index (χ3v) is 3.92. The Morgan fingerprint density at radius 2 is 2.00 bits per heavy atom. The molecule has 112 valence electrons. The van der Waals surface area contributed by atoms with Gasteiger partial charge in [-0.2, -0.15) is 0 Å². The van der Waals surface area contributed by atoms with Crippen molar-refractivity contribution in [2.24, 2.45) is 0 Å². The predicted octanol–water partition coefficient (Wildman–Crippen LogP) is 1.07. The summed E-state index contributed by atoms with van der Waals surface area (Å²) in [5.41, 5.74) is 1.14. The van der Waals surface area contributed by atoms with Crippen molar-refractivity contribution >= 4 is 15.9 Å². The van der Waals surface area contributed by atoms with Crippen LogP contribution in [-0.2, 0) is 9.47 Å². The van der Waals surface area contributed by atoms with E-state index in [9.17, 15) is 0 Å². The summed E-state index contributed by atoms with van der Waals surface area (Å²) in [5, 5.41) is 0. The van der Waals surface area contributed by atoms with E-state index in [1.165, 1.54) is 0 Å². The Labute approximate surface area is 129 Å². The number of halogens is 1. The molecule has 5 heteroatoms. The SMILES string of the molecule is Cc1cc(Br)ccc1OCCOCC[NH+]1CCOCC1. The van der Waals surface area contributed by atoms with E-state index in [1.807, 2.05) is 19.1 Å². The summed E-state index contributed by atoms with van der Waals surface area (Å²) in [4.78, 5) is 1.57. The van der Waals surface area contributed by atoms with Crippen molar-refractivity contribution in [2.45, 2.75) is 6.92 Å². The molecule has 0 unspecified atom stereocenters. The van der Waals surface area contributed by atoms with Crippen LogP contribution in [0.1, 0.15) is 5.56 Å². The third kappa shape index (κ3) is 5.40. The van der Waals surface area contributed by atoms with E-state index in [-0.39, 0.29) is 0 Å². The Hall–Kier alpha value is -0.620. The Kier molecular flexibility index (Phi) is 6.79. The molecular formula is C15H23BrNO3+. The zero-order valence-corrected chi connectivity index (χ0v) is 13.6. The standard InChI is InChI=1S/C15H22BrNO3/c1-13-12-14(16)2-3-15(13)20-11-10-19-9-6-17-4-7-18-8-5-17/h2-3,12H,4-11H2,1H3/p+1. The lowest BCUT2D eigenvalue weighted by molar-refractivity contribution is -0.908. The number of rotatable bonds is 7. The predicted molar refractivity (Wildman–Crippen MR) is 81.6 cm³/mol. The van der Waals surface area contributed by atoms with E-state index >= 15 is 0 Å². The van der Waals surface area contributed by atoms with Crippen LogP contribution in [0.3, 0.4) is 0 Å². The molecule has 1 aliphatic heterocycles. The maximum Gasteiger partial charge on any atom is 0.122 e. The maximum absolute atomic E-state index is 5.71. The van der Waals surface area contributed by atoms with Crippen LogP contribution in [0.25, 0.3) is 0 Å². The van der Waals surface area contributed by atoms with Gasteiger partial charge in [0, 0.05) is 4.47 Å². The molecule has 1 heterocycles. The highest BCUT2D eigenvalue weighted by Gasteiger charge is 2.12. The van der Waals surface area contributed by atoms with Gasteiger partial charge in [-0.3, -0.25) is 0 Å². The van der Waals surface area contributed by atoms with Gasteiger partial charge in [0.1, 0.15) is 32.0 Å². The van der Waals surface area contributed by atoms with Gasteiger partial charge in [0.05, 0.1) is 26.4 Å². The third-order valence-electron chi connectivity index (χ3n) is 3.42. The van der Waals surface area contributed by atoms with Crippen molar-refractivity contribution in [2.75, 3.05) is 52.7 Å². The van der Waals surface area contributed by atoms with Crippen LogP contribution in [0.15, 0.2) is 22.7 Å². The Morgan fingerprint density at radius 1 is 1.20 bits per heavy atom. The minimum absolute atomic E-state index is 0.598. The summed E-state index contributed by atoms with van der Waals surface area (Å²) >= 11 is 3.44. The molecule has 1 saturated heterocycles. The first-order valence-electron chi connectivity index (χ1n) is 7.14. The molecule has 0 amide bonds. The van der Waals surface area contributed by atoms with Crippen LogP contribution in [0, 0.1) is 6.92 Å². The number of nitrogens with one attached hydrogen (secondary N) is 1. The molecule has 1 aliphatic rings. The molecular weight excluding hydrogens is 322 g/mol. The maximum atomic E-state index is 5.71. The highest BCUT2D eigenvalue weighted by molar-refractivity contribution is 9.10. The molecule has 0 aliphatic carbocycles. The van der Waals surface area contributed by atoms with Crippen LogP contribution in [-0.4, -0.2) is 52.7 Å². The van der Waals surface area contributed by atoms with Crippen LogP contribution < -0.4 is 9.64 Å². The zero-order chi connectivity index (χ0) is 14.2. The number of benzene rings is 1.